The molecule has 9 atom stereocenters. The molecular weight excluding hydrogens is 310 g/mol. The molecule has 0 aromatic rings. The summed E-state index contributed by atoms with van der Waals surface area (Å²) >= 11 is 0. The Kier molecular flexibility index (Phi) is 6.11. The molecule has 1 fully saturated rings. The van der Waals surface area contributed by atoms with Gasteiger partial charge in [-0.3, -0.25) is 0 Å². The van der Waals surface area contributed by atoms with E-state index in [0.29, 0.717) is 0 Å². The molecule has 0 aliphatic heterocycles. The van der Waals surface area contributed by atoms with Crippen molar-refractivity contribution in [2.75, 3.05) is 13.2 Å². The van der Waals surface area contributed by atoms with Crippen molar-refractivity contribution in [1.29, 1.82) is 0 Å². The van der Waals surface area contributed by atoms with Gasteiger partial charge in [-0.1, -0.05) is 6.08 Å². The third kappa shape index (κ3) is 3.58. The van der Waals surface area contributed by atoms with E-state index < -0.39 is 61.2 Å². The van der Waals surface area contributed by atoms with Crippen molar-refractivity contribution in [1.82, 2.24) is 5.32 Å². The lowest BCUT2D eigenvalue weighted by Crippen LogP contribution is -2.63. The summed E-state index contributed by atoms with van der Waals surface area (Å²) in [7, 11) is 0. The van der Waals surface area contributed by atoms with E-state index in [0.717, 1.165) is 0 Å². The summed E-state index contributed by atoms with van der Waals surface area (Å²) in [5.74, 6) is -0.650. The molecule has 0 spiro atoms. The highest BCUT2D eigenvalue weighted by Crippen LogP contribution is 2.28. The van der Waals surface area contributed by atoms with E-state index in [4.69, 9.17) is 0 Å². The van der Waals surface area contributed by atoms with Gasteiger partial charge in [-0.05, 0) is 12.0 Å². The zero-order valence-electron chi connectivity index (χ0n) is 12.5. The van der Waals surface area contributed by atoms with E-state index >= 15 is 0 Å². The highest BCUT2D eigenvalue weighted by molar-refractivity contribution is 5.22. The zero-order chi connectivity index (χ0) is 17.3. The predicted molar refractivity (Wildman–Crippen MR) is 77.1 cm³/mol. The second-order valence-electron chi connectivity index (χ2n) is 6.27. The molecule has 2 aliphatic carbocycles. The van der Waals surface area contributed by atoms with Crippen molar-refractivity contribution in [3.8, 4) is 0 Å². The minimum Gasteiger partial charge on any atom is -0.396 e. The number of hydrogen-bond donors (Lipinski definition) is 9. The Hall–Kier alpha value is -0.620. The molecule has 23 heavy (non-hydrogen) atoms. The summed E-state index contributed by atoms with van der Waals surface area (Å²) in [6, 6.07) is -1.64. The Morgan fingerprint density at radius 3 is 2.09 bits per heavy atom. The number of aliphatic hydroxyl groups is 8. The van der Waals surface area contributed by atoms with Crippen LogP contribution in [0.1, 0.15) is 6.42 Å². The summed E-state index contributed by atoms with van der Waals surface area (Å²) in [6.45, 7) is -0.883. The third-order valence-corrected chi connectivity index (χ3v) is 4.79. The third-order valence-electron chi connectivity index (χ3n) is 4.79. The minimum absolute atomic E-state index is 0.130. The van der Waals surface area contributed by atoms with Gasteiger partial charge >= 0.3 is 0 Å². The summed E-state index contributed by atoms with van der Waals surface area (Å²) in [5, 5.41) is 80.6. The molecule has 0 unspecified atom stereocenters. The molecule has 0 radical (unpaired) electrons. The van der Waals surface area contributed by atoms with Gasteiger partial charge in [-0.15, -0.1) is 0 Å². The van der Waals surface area contributed by atoms with Crippen LogP contribution in [0.3, 0.4) is 0 Å². The topological polar surface area (TPSA) is 174 Å². The van der Waals surface area contributed by atoms with Crippen LogP contribution in [0.5, 0.6) is 0 Å². The normalized spacial score (nSPS) is 48.2. The van der Waals surface area contributed by atoms with Crippen LogP contribution >= 0.6 is 0 Å². The first-order chi connectivity index (χ1) is 10.8. The number of rotatable bonds is 4. The Labute approximate surface area is 133 Å². The lowest BCUT2D eigenvalue weighted by molar-refractivity contribution is -0.135. The summed E-state index contributed by atoms with van der Waals surface area (Å²) in [6.07, 6.45) is -6.85. The number of nitrogens with one attached hydrogen (secondary N) is 1. The first-order valence-electron chi connectivity index (χ1n) is 7.58. The lowest BCUT2D eigenvalue weighted by Gasteiger charge is -2.43. The minimum atomic E-state index is -1.51. The summed E-state index contributed by atoms with van der Waals surface area (Å²) < 4.78 is 0. The van der Waals surface area contributed by atoms with Gasteiger partial charge in [0.05, 0.1) is 24.9 Å². The van der Waals surface area contributed by atoms with Gasteiger partial charge < -0.3 is 46.2 Å². The molecule has 0 aromatic carbocycles. The molecular formula is C14H25NO8. The van der Waals surface area contributed by atoms with Crippen LogP contribution in [0, 0.1) is 5.92 Å². The number of aliphatic hydroxyl groups excluding tert-OH is 8. The van der Waals surface area contributed by atoms with Crippen LogP contribution in [0.25, 0.3) is 0 Å². The molecule has 134 valence electrons. The average Bonchev–Trinajstić information content (AvgIpc) is 2.55. The first kappa shape index (κ1) is 18.7. The molecule has 9 nitrogen and oxygen atoms in total. The van der Waals surface area contributed by atoms with Crippen molar-refractivity contribution in [3.63, 3.8) is 0 Å². The molecule has 0 bridgehead atoms. The zero-order valence-corrected chi connectivity index (χ0v) is 12.5. The monoisotopic (exact) mass is 335 g/mol. The van der Waals surface area contributed by atoms with E-state index in [1.165, 1.54) is 6.08 Å². The summed E-state index contributed by atoms with van der Waals surface area (Å²) in [5.41, 5.74) is 0.130. The smallest absolute Gasteiger partial charge is 0.111 e. The fourth-order valence-electron chi connectivity index (χ4n) is 3.26. The fraction of sp³-hybridized carbons (Fsp3) is 0.857. The van der Waals surface area contributed by atoms with Crippen LogP contribution in [0.4, 0.5) is 0 Å². The maximum absolute atomic E-state index is 10.1. The van der Waals surface area contributed by atoms with Crippen molar-refractivity contribution < 1.29 is 40.9 Å². The second-order valence-corrected chi connectivity index (χ2v) is 6.27. The predicted octanol–water partition coefficient (Wildman–Crippen LogP) is -4.58. The van der Waals surface area contributed by atoms with Gasteiger partial charge in [0.15, 0.2) is 0 Å². The van der Waals surface area contributed by atoms with Gasteiger partial charge in [0, 0.05) is 18.6 Å². The van der Waals surface area contributed by atoms with Gasteiger partial charge in [0.25, 0.3) is 0 Å². The van der Waals surface area contributed by atoms with Gasteiger partial charge in [-0.25, -0.2) is 0 Å². The molecule has 0 amide bonds. The van der Waals surface area contributed by atoms with Gasteiger partial charge in [0.1, 0.15) is 24.4 Å². The molecule has 1 saturated carbocycles. The van der Waals surface area contributed by atoms with E-state index in [1.807, 2.05) is 0 Å². The second kappa shape index (κ2) is 7.51. The lowest BCUT2D eigenvalue weighted by atomic mass is 9.78. The Balaban J connectivity index is 2.15. The first-order valence-corrected chi connectivity index (χ1v) is 7.58. The van der Waals surface area contributed by atoms with Gasteiger partial charge in [-0.2, -0.15) is 0 Å². The largest absolute Gasteiger partial charge is 0.396 e. The maximum Gasteiger partial charge on any atom is 0.111 e. The van der Waals surface area contributed by atoms with Crippen LogP contribution in [0.2, 0.25) is 0 Å². The van der Waals surface area contributed by atoms with E-state index in [1.54, 1.807) is 0 Å². The Morgan fingerprint density at radius 1 is 0.870 bits per heavy atom. The van der Waals surface area contributed by atoms with Crippen molar-refractivity contribution >= 4 is 0 Å². The highest BCUT2D eigenvalue weighted by Gasteiger charge is 2.45. The van der Waals surface area contributed by atoms with Gasteiger partial charge in [0.2, 0.25) is 0 Å². The fourth-order valence-corrected chi connectivity index (χ4v) is 3.26. The maximum atomic E-state index is 10.1. The SMILES string of the molecule is OCC1=C[C@@H](N[C@H]2C[C@H](CO)[C@@H](O)[C@H](O)[C@H]2O)[C@@H](O)[C@H](O)[C@H]1O. The van der Waals surface area contributed by atoms with E-state index in [-0.39, 0.29) is 18.6 Å². The molecule has 0 saturated heterocycles. The van der Waals surface area contributed by atoms with Crippen LogP contribution in [-0.2, 0) is 0 Å². The van der Waals surface area contributed by atoms with Crippen molar-refractivity contribution in [2.45, 2.75) is 55.1 Å². The van der Waals surface area contributed by atoms with E-state index in [9.17, 15) is 40.9 Å². The van der Waals surface area contributed by atoms with Crippen molar-refractivity contribution in [2.24, 2.45) is 5.92 Å². The van der Waals surface area contributed by atoms with Crippen LogP contribution in [0.15, 0.2) is 11.6 Å². The highest BCUT2D eigenvalue weighted by atomic mass is 16.4. The Bertz CT molecular complexity index is 431. The molecule has 2 aliphatic rings. The molecule has 9 heteroatoms. The Morgan fingerprint density at radius 2 is 1.52 bits per heavy atom. The van der Waals surface area contributed by atoms with Crippen LogP contribution in [-0.4, -0.2) is 103 Å². The quantitative estimate of drug-likeness (QED) is 0.229. The molecule has 9 N–H and O–H groups in total. The van der Waals surface area contributed by atoms with Crippen molar-refractivity contribution in [3.05, 3.63) is 11.6 Å². The average molecular weight is 335 g/mol. The number of hydrogen-bond acceptors (Lipinski definition) is 9. The van der Waals surface area contributed by atoms with E-state index in [2.05, 4.69) is 5.32 Å². The molecule has 0 heterocycles. The molecule has 2 rings (SSSR count). The summed E-state index contributed by atoms with van der Waals surface area (Å²) in [4.78, 5) is 0. The molecule has 0 aromatic heterocycles. The standard InChI is InChI=1S/C14H25NO8/c16-3-5-1-7(11(20)13(22)9(5)18)15-8-2-6(4-17)10(19)14(23)12(8)21/h1,6-23H,2-4H2/t6-,7-,8+,9+,10-,11-,12+,13-,14+/m1/s1. The van der Waals surface area contributed by atoms with Crippen LogP contribution < -0.4 is 5.32 Å².